The molecule has 2 aromatic carbocycles. The van der Waals surface area contributed by atoms with Crippen LogP contribution in [0.2, 0.25) is 0 Å². The quantitative estimate of drug-likeness (QED) is 0.781. The highest BCUT2D eigenvalue weighted by Crippen LogP contribution is 2.28. The van der Waals surface area contributed by atoms with E-state index in [4.69, 9.17) is 5.73 Å². The van der Waals surface area contributed by atoms with Gasteiger partial charge in [-0.3, -0.25) is 0 Å². The summed E-state index contributed by atoms with van der Waals surface area (Å²) >= 11 is 0. The predicted molar refractivity (Wildman–Crippen MR) is 77.3 cm³/mol. The summed E-state index contributed by atoms with van der Waals surface area (Å²) in [4.78, 5) is 0. The van der Waals surface area contributed by atoms with Crippen LogP contribution in [0.15, 0.2) is 36.4 Å². The standard InChI is InChI=1S/C16H18N2/c1-11-9-14(17)6-8-16(11)18-15-7-5-12-3-2-4-13(12)10-15/h5-10,18H,2-4,17H2,1H3. The molecule has 0 spiro atoms. The van der Waals surface area contributed by atoms with E-state index < -0.39 is 0 Å². The topological polar surface area (TPSA) is 38.0 Å². The minimum absolute atomic E-state index is 0.812. The summed E-state index contributed by atoms with van der Waals surface area (Å²) in [5, 5.41) is 3.47. The smallest absolute Gasteiger partial charge is 0.0415 e. The molecule has 0 aliphatic heterocycles. The van der Waals surface area contributed by atoms with Gasteiger partial charge in [-0.1, -0.05) is 6.07 Å². The first-order chi connectivity index (χ1) is 8.72. The zero-order chi connectivity index (χ0) is 12.5. The Labute approximate surface area is 108 Å². The van der Waals surface area contributed by atoms with Crippen LogP contribution < -0.4 is 11.1 Å². The maximum absolute atomic E-state index is 5.77. The van der Waals surface area contributed by atoms with Crippen LogP contribution in [-0.2, 0) is 12.8 Å². The highest BCUT2D eigenvalue weighted by Gasteiger charge is 2.10. The monoisotopic (exact) mass is 238 g/mol. The number of nitrogens with one attached hydrogen (secondary N) is 1. The summed E-state index contributed by atoms with van der Waals surface area (Å²) in [6, 6.07) is 12.7. The average molecular weight is 238 g/mol. The van der Waals surface area contributed by atoms with Gasteiger partial charge in [-0.05, 0) is 73.2 Å². The Bertz CT molecular complexity index is 588. The second kappa shape index (κ2) is 4.37. The molecule has 0 amide bonds. The third-order valence-electron chi connectivity index (χ3n) is 3.63. The zero-order valence-electron chi connectivity index (χ0n) is 10.7. The Balaban J connectivity index is 1.88. The maximum atomic E-state index is 5.77. The van der Waals surface area contributed by atoms with Crippen LogP contribution in [0.1, 0.15) is 23.1 Å². The summed E-state index contributed by atoms with van der Waals surface area (Å²) in [6.07, 6.45) is 3.74. The minimum Gasteiger partial charge on any atom is -0.399 e. The number of rotatable bonds is 2. The molecule has 0 radical (unpaired) electrons. The molecule has 1 aliphatic carbocycles. The molecule has 0 heterocycles. The van der Waals surface area contributed by atoms with Gasteiger partial charge in [0, 0.05) is 17.1 Å². The number of benzene rings is 2. The SMILES string of the molecule is Cc1cc(N)ccc1Nc1ccc2c(c1)CCC2. The number of nitrogen functional groups attached to an aromatic ring is 1. The van der Waals surface area contributed by atoms with E-state index in [9.17, 15) is 0 Å². The van der Waals surface area contributed by atoms with Crippen LogP contribution >= 0.6 is 0 Å². The molecule has 2 nitrogen and oxygen atoms in total. The number of nitrogens with two attached hydrogens (primary N) is 1. The average Bonchev–Trinajstić information content (AvgIpc) is 2.80. The fourth-order valence-electron chi connectivity index (χ4n) is 2.63. The first-order valence-electron chi connectivity index (χ1n) is 6.47. The van der Waals surface area contributed by atoms with Gasteiger partial charge < -0.3 is 11.1 Å². The summed E-state index contributed by atoms with van der Waals surface area (Å²) in [5.41, 5.74) is 13.1. The number of anilines is 3. The summed E-state index contributed by atoms with van der Waals surface area (Å²) in [5.74, 6) is 0. The number of fused-ring (bicyclic) bond motifs is 1. The molecule has 0 bridgehead atoms. The molecule has 0 unspecified atom stereocenters. The molecule has 1 aliphatic rings. The summed E-state index contributed by atoms with van der Waals surface area (Å²) in [6.45, 7) is 2.08. The molecule has 3 N–H and O–H groups in total. The Morgan fingerprint density at radius 3 is 2.67 bits per heavy atom. The molecule has 18 heavy (non-hydrogen) atoms. The largest absolute Gasteiger partial charge is 0.399 e. The molecule has 0 fully saturated rings. The first kappa shape index (κ1) is 11.1. The van der Waals surface area contributed by atoms with Gasteiger partial charge in [0.1, 0.15) is 0 Å². The van der Waals surface area contributed by atoms with Gasteiger partial charge in [-0.25, -0.2) is 0 Å². The summed E-state index contributed by atoms with van der Waals surface area (Å²) < 4.78 is 0. The van der Waals surface area contributed by atoms with Crippen LogP contribution in [0.25, 0.3) is 0 Å². The zero-order valence-corrected chi connectivity index (χ0v) is 10.7. The number of hydrogen-bond donors (Lipinski definition) is 2. The van der Waals surface area contributed by atoms with Crippen LogP contribution in [0.4, 0.5) is 17.1 Å². The predicted octanol–water partition coefficient (Wildman–Crippen LogP) is 3.81. The van der Waals surface area contributed by atoms with Crippen molar-refractivity contribution >= 4 is 17.1 Å². The van der Waals surface area contributed by atoms with Gasteiger partial charge in [0.25, 0.3) is 0 Å². The van der Waals surface area contributed by atoms with Crippen LogP contribution in [-0.4, -0.2) is 0 Å². The van der Waals surface area contributed by atoms with Crippen molar-refractivity contribution < 1.29 is 0 Å². The van der Waals surface area contributed by atoms with Gasteiger partial charge in [-0.2, -0.15) is 0 Å². The van der Waals surface area contributed by atoms with Gasteiger partial charge in [0.2, 0.25) is 0 Å². The van der Waals surface area contributed by atoms with Gasteiger partial charge in [0.05, 0.1) is 0 Å². The fourth-order valence-corrected chi connectivity index (χ4v) is 2.63. The van der Waals surface area contributed by atoms with Gasteiger partial charge in [-0.15, -0.1) is 0 Å². The van der Waals surface area contributed by atoms with Gasteiger partial charge >= 0.3 is 0 Å². The minimum atomic E-state index is 0.812. The fraction of sp³-hybridized carbons (Fsp3) is 0.250. The van der Waals surface area contributed by atoms with Crippen LogP contribution in [0.5, 0.6) is 0 Å². The molecule has 0 saturated carbocycles. The Morgan fingerprint density at radius 2 is 1.83 bits per heavy atom. The lowest BCUT2D eigenvalue weighted by Crippen LogP contribution is -1.95. The first-order valence-corrected chi connectivity index (χ1v) is 6.47. The lowest BCUT2D eigenvalue weighted by Gasteiger charge is -2.11. The third-order valence-corrected chi connectivity index (χ3v) is 3.63. The van der Waals surface area contributed by atoms with Crippen LogP contribution in [0.3, 0.4) is 0 Å². The molecular formula is C16H18N2. The van der Waals surface area contributed by atoms with E-state index in [0.717, 1.165) is 11.4 Å². The highest BCUT2D eigenvalue weighted by atomic mass is 14.9. The molecular weight excluding hydrogens is 220 g/mol. The normalized spacial score (nSPS) is 13.4. The molecule has 0 atom stereocenters. The number of aryl methyl sites for hydroxylation is 3. The van der Waals surface area contributed by atoms with Crippen molar-refractivity contribution in [2.75, 3.05) is 11.1 Å². The maximum Gasteiger partial charge on any atom is 0.0415 e. The van der Waals surface area contributed by atoms with Crippen molar-refractivity contribution in [2.45, 2.75) is 26.2 Å². The second-order valence-corrected chi connectivity index (χ2v) is 5.04. The van der Waals surface area contributed by atoms with E-state index in [1.165, 1.54) is 41.6 Å². The van der Waals surface area contributed by atoms with Crippen molar-refractivity contribution in [3.63, 3.8) is 0 Å². The van der Waals surface area contributed by atoms with Crippen LogP contribution in [0, 0.1) is 6.92 Å². The van der Waals surface area contributed by atoms with Gasteiger partial charge in [0.15, 0.2) is 0 Å². The third kappa shape index (κ3) is 2.06. The van der Waals surface area contributed by atoms with Crippen molar-refractivity contribution in [3.05, 3.63) is 53.1 Å². The van der Waals surface area contributed by atoms with E-state index in [-0.39, 0.29) is 0 Å². The van der Waals surface area contributed by atoms with E-state index in [1.807, 2.05) is 18.2 Å². The summed E-state index contributed by atoms with van der Waals surface area (Å²) in [7, 11) is 0. The van der Waals surface area contributed by atoms with E-state index >= 15 is 0 Å². The highest BCUT2D eigenvalue weighted by molar-refractivity contribution is 5.66. The molecule has 0 saturated heterocycles. The Hall–Kier alpha value is -1.96. The number of hydrogen-bond acceptors (Lipinski definition) is 2. The molecule has 92 valence electrons. The van der Waals surface area contributed by atoms with E-state index in [1.54, 1.807) is 0 Å². The van der Waals surface area contributed by atoms with Crippen molar-refractivity contribution in [1.29, 1.82) is 0 Å². The van der Waals surface area contributed by atoms with E-state index in [2.05, 4.69) is 30.4 Å². The molecule has 2 aromatic rings. The van der Waals surface area contributed by atoms with Crippen molar-refractivity contribution in [3.8, 4) is 0 Å². The Morgan fingerprint density at radius 1 is 1.00 bits per heavy atom. The van der Waals surface area contributed by atoms with Crippen molar-refractivity contribution in [2.24, 2.45) is 0 Å². The lowest BCUT2D eigenvalue weighted by molar-refractivity contribution is 0.912. The van der Waals surface area contributed by atoms with E-state index in [0.29, 0.717) is 0 Å². The Kier molecular flexibility index (Phi) is 2.71. The molecule has 0 aromatic heterocycles. The second-order valence-electron chi connectivity index (χ2n) is 5.04. The molecule has 2 heteroatoms. The molecule has 3 rings (SSSR count). The lowest BCUT2D eigenvalue weighted by atomic mass is 10.1. The van der Waals surface area contributed by atoms with Crippen molar-refractivity contribution in [1.82, 2.24) is 0 Å².